The van der Waals surface area contributed by atoms with E-state index in [1.165, 1.54) is 45.1 Å². The number of methoxy groups -OCH3 is 1. The Bertz CT molecular complexity index is 284. The molecule has 0 amide bonds. The lowest BCUT2D eigenvalue weighted by atomic mass is 9.79. The van der Waals surface area contributed by atoms with Gasteiger partial charge in [0, 0.05) is 25.7 Å². The van der Waals surface area contributed by atoms with Crippen LogP contribution in [0.4, 0.5) is 0 Å². The van der Waals surface area contributed by atoms with Crippen LogP contribution in [0.3, 0.4) is 0 Å². The molecule has 19 heavy (non-hydrogen) atoms. The lowest BCUT2D eigenvalue weighted by molar-refractivity contribution is -0.0707. The van der Waals surface area contributed by atoms with Crippen molar-refractivity contribution in [1.82, 2.24) is 10.2 Å². The van der Waals surface area contributed by atoms with Crippen molar-refractivity contribution in [2.24, 2.45) is 5.92 Å². The average molecular weight is 268 g/mol. The highest BCUT2D eigenvalue weighted by Gasteiger charge is 2.38. The first-order chi connectivity index (χ1) is 9.11. The first-order valence-corrected chi connectivity index (χ1v) is 8.08. The Kier molecular flexibility index (Phi) is 5.27. The van der Waals surface area contributed by atoms with Gasteiger partial charge in [0.25, 0.3) is 0 Å². The fourth-order valence-corrected chi connectivity index (χ4v) is 4.04. The molecule has 3 heteroatoms. The highest BCUT2D eigenvalue weighted by molar-refractivity contribution is 4.95. The van der Waals surface area contributed by atoms with Crippen molar-refractivity contribution >= 4 is 0 Å². The minimum Gasteiger partial charge on any atom is -0.377 e. The predicted molar refractivity (Wildman–Crippen MR) is 80.5 cm³/mol. The molecule has 1 saturated heterocycles. The van der Waals surface area contributed by atoms with Crippen LogP contribution >= 0.6 is 0 Å². The van der Waals surface area contributed by atoms with Crippen LogP contribution in [0, 0.1) is 5.92 Å². The largest absolute Gasteiger partial charge is 0.377 e. The number of nitrogens with one attached hydrogen (secondary N) is 1. The number of ether oxygens (including phenoxy) is 1. The molecule has 1 aliphatic heterocycles. The van der Waals surface area contributed by atoms with Gasteiger partial charge in [-0.2, -0.15) is 0 Å². The SMILES string of the molecule is CCC1CCC(NC)C(N2CCCC(C)(OC)C2)C1. The van der Waals surface area contributed by atoms with Crippen LogP contribution in [0.15, 0.2) is 0 Å². The fourth-order valence-electron chi connectivity index (χ4n) is 4.04. The van der Waals surface area contributed by atoms with E-state index < -0.39 is 0 Å². The van der Waals surface area contributed by atoms with Crippen molar-refractivity contribution in [3.8, 4) is 0 Å². The van der Waals surface area contributed by atoms with Gasteiger partial charge >= 0.3 is 0 Å². The Labute approximate surface area is 119 Å². The zero-order valence-corrected chi connectivity index (χ0v) is 13.2. The zero-order valence-electron chi connectivity index (χ0n) is 13.2. The van der Waals surface area contributed by atoms with Gasteiger partial charge in [-0.3, -0.25) is 4.90 Å². The summed E-state index contributed by atoms with van der Waals surface area (Å²) < 4.78 is 5.76. The first-order valence-electron chi connectivity index (χ1n) is 8.08. The molecule has 1 saturated carbocycles. The summed E-state index contributed by atoms with van der Waals surface area (Å²) in [4.78, 5) is 2.70. The number of likely N-dealkylation sites (tertiary alicyclic amines) is 1. The van der Waals surface area contributed by atoms with Crippen LogP contribution in [0.25, 0.3) is 0 Å². The topological polar surface area (TPSA) is 24.5 Å². The first kappa shape index (κ1) is 15.3. The molecule has 0 spiro atoms. The minimum absolute atomic E-state index is 0.0652. The van der Waals surface area contributed by atoms with E-state index in [2.05, 4.69) is 31.1 Å². The summed E-state index contributed by atoms with van der Waals surface area (Å²) in [6, 6.07) is 1.38. The molecule has 2 rings (SSSR count). The number of piperidine rings is 1. The zero-order chi connectivity index (χ0) is 13.9. The molecular weight excluding hydrogens is 236 g/mol. The van der Waals surface area contributed by atoms with Gasteiger partial charge in [0.2, 0.25) is 0 Å². The molecule has 1 heterocycles. The van der Waals surface area contributed by atoms with Crippen molar-refractivity contribution in [1.29, 1.82) is 0 Å². The van der Waals surface area contributed by atoms with Crippen LogP contribution in [-0.4, -0.2) is 49.8 Å². The van der Waals surface area contributed by atoms with E-state index in [0.29, 0.717) is 12.1 Å². The Balaban J connectivity index is 2.04. The fraction of sp³-hybridized carbons (Fsp3) is 1.00. The maximum atomic E-state index is 5.76. The molecule has 0 bridgehead atoms. The third kappa shape index (κ3) is 3.50. The van der Waals surface area contributed by atoms with Crippen LogP contribution in [0.1, 0.15) is 52.4 Å². The summed E-state index contributed by atoms with van der Waals surface area (Å²) >= 11 is 0. The summed E-state index contributed by atoms with van der Waals surface area (Å²) in [5.74, 6) is 0.922. The highest BCUT2D eigenvalue weighted by Crippen LogP contribution is 2.33. The number of hydrogen-bond acceptors (Lipinski definition) is 3. The molecule has 4 unspecified atom stereocenters. The van der Waals surface area contributed by atoms with Gasteiger partial charge in [0.05, 0.1) is 5.60 Å². The van der Waals surface area contributed by atoms with Crippen LogP contribution < -0.4 is 5.32 Å². The quantitative estimate of drug-likeness (QED) is 0.848. The van der Waals surface area contributed by atoms with E-state index in [0.717, 1.165) is 12.5 Å². The van der Waals surface area contributed by atoms with E-state index in [1.807, 2.05) is 7.11 Å². The van der Waals surface area contributed by atoms with Crippen molar-refractivity contribution in [2.75, 3.05) is 27.2 Å². The van der Waals surface area contributed by atoms with Gasteiger partial charge in [0.15, 0.2) is 0 Å². The van der Waals surface area contributed by atoms with E-state index in [1.54, 1.807) is 0 Å². The molecule has 1 N–H and O–H groups in total. The Hall–Kier alpha value is -0.120. The van der Waals surface area contributed by atoms with Crippen molar-refractivity contribution in [3.63, 3.8) is 0 Å². The minimum atomic E-state index is 0.0652. The predicted octanol–water partition coefficient (Wildman–Crippen LogP) is 2.65. The number of nitrogens with zero attached hydrogens (tertiary/aromatic N) is 1. The Morgan fingerprint density at radius 3 is 2.79 bits per heavy atom. The van der Waals surface area contributed by atoms with Crippen LogP contribution in [-0.2, 0) is 4.74 Å². The van der Waals surface area contributed by atoms with E-state index in [-0.39, 0.29) is 5.60 Å². The summed E-state index contributed by atoms with van der Waals surface area (Å²) in [7, 11) is 4.00. The Morgan fingerprint density at radius 2 is 2.16 bits per heavy atom. The molecule has 0 aromatic carbocycles. The van der Waals surface area contributed by atoms with Gasteiger partial charge in [-0.15, -0.1) is 0 Å². The molecule has 0 radical (unpaired) electrons. The monoisotopic (exact) mass is 268 g/mol. The summed E-state index contributed by atoms with van der Waals surface area (Å²) in [5.41, 5.74) is 0.0652. The van der Waals surface area contributed by atoms with Gasteiger partial charge < -0.3 is 10.1 Å². The van der Waals surface area contributed by atoms with Crippen LogP contribution in [0.2, 0.25) is 0 Å². The molecular formula is C16H32N2O. The standard InChI is InChI=1S/C16H32N2O/c1-5-13-7-8-14(17-3)15(11-13)18-10-6-9-16(2,12-18)19-4/h13-15,17H,5-12H2,1-4H3. The average Bonchev–Trinajstić information content (AvgIpc) is 2.46. The Morgan fingerprint density at radius 1 is 1.37 bits per heavy atom. The second-order valence-electron chi connectivity index (χ2n) is 6.78. The molecule has 2 aliphatic rings. The van der Waals surface area contributed by atoms with Crippen molar-refractivity contribution in [2.45, 2.75) is 70.1 Å². The number of hydrogen-bond donors (Lipinski definition) is 1. The number of rotatable bonds is 4. The third-order valence-corrected chi connectivity index (χ3v) is 5.52. The van der Waals surface area contributed by atoms with E-state index in [9.17, 15) is 0 Å². The maximum Gasteiger partial charge on any atom is 0.0777 e. The lowest BCUT2D eigenvalue weighted by Crippen LogP contribution is -2.58. The summed E-state index contributed by atoms with van der Waals surface area (Å²) in [6.07, 6.45) is 7.90. The van der Waals surface area contributed by atoms with Gasteiger partial charge in [-0.25, -0.2) is 0 Å². The number of likely N-dealkylation sites (N-methyl/N-ethyl adjacent to an activating group) is 1. The van der Waals surface area contributed by atoms with E-state index >= 15 is 0 Å². The molecule has 4 atom stereocenters. The van der Waals surface area contributed by atoms with Gasteiger partial charge in [-0.1, -0.05) is 13.3 Å². The van der Waals surface area contributed by atoms with E-state index in [4.69, 9.17) is 4.74 Å². The molecule has 0 aromatic heterocycles. The van der Waals surface area contributed by atoms with Crippen molar-refractivity contribution in [3.05, 3.63) is 0 Å². The molecule has 3 nitrogen and oxygen atoms in total. The van der Waals surface area contributed by atoms with Crippen molar-refractivity contribution < 1.29 is 4.74 Å². The molecule has 112 valence electrons. The second kappa shape index (κ2) is 6.55. The van der Waals surface area contributed by atoms with Gasteiger partial charge in [-0.05, 0) is 58.5 Å². The molecule has 0 aromatic rings. The van der Waals surface area contributed by atoms with Crippen LogP contribution in [0.5, 0.6) is 0 Å². The third-order valence-electron chi connectivity index (χ3n) is 5.52. The normalized spacial score (nSPS) is 41.4. The summed E-state index contributed by atoms with van der Waals surface area (Å²) in [5, 5.41) is 3.56. The maximum absolute atomic E-state index is 5.76. The lowest BCUT2D eigenvalue weighted by Gasteiger charge is -2.48. The molecule has 2 fully saturated rings. The summed E-state index contributed by atoms with van der Waals surface area (Å²) in [6.45, 7) is 6.96. The second-order valence-corrected chi connectivity index (χ2v) is 6.78. The highest BCUT2D eigenvalue weighted by atomic mass is 16.5. The molecule has 1 aliphatic carbocycles. The smallest absolute Gasteiger partial charge is 0.0777 e. The van der Waals surface area contributed by atoms with Gasteiger partial charge in [0.1, 0.15) is 0 Å².